The summed E-state index contributed by atoms with van der Waals surface area (Å²) in [7, 11) is 1.58. The Balaban J connectivity index is 1.49. The van der Waals surface area contributed by atoms with Crippen molar-refractivity contribution in [3.8, 4) is 5.75 Å². The molecule has 0 spiro atoms. The molecule has 0 N–H and O–H groups in total. The molecular weight excluding hydrogens is 408 g/mol. The number of rotatable bonds is 4. The van der Waals surface area contributed by atoms with Crippen molar-refractivity contribution in [3.05, 3.63) is 28.8 Å². The summed E-state index contributed by atoms with van der Waals surface area (Å²) in [5, 5.41) is 0.501. The first kappa shape index (κ1) is 21.4. The van der Waals surface area contributed by atoms with Crippen molar-refractivity contribution in [1.29, 1.82) is 0 Å². The van der Waals surface area contributed by atoms with Crippen molar-refractivity contribution in [2.75, 3.05) is 53.1 Å². The van der Waals surface area contributed by atoms with Gasteiger partial charge >= 0.3 is 0 Å². The normalized spacial score (nSPS) is 24.0. The lowest BCUT2D eigenvalue weighted by Gasteiger charge is -2.43. The molecule has 0 radical (unpaired) electrons. The lowest BCUT2D eigenvalue weighted by Crippen LogP contribution is -2.57. The van der Waals surface area contributed by atoms with E-state index in [2.05, 4.69) is 0 Å². The minimum absolute atomic E-state index is 0.0577. The first-order valence-corrected chi connectivity index (χ1v) is 11.0. The number of nitrogens with zero attached hydrogens (tertiary/aromatic N) is 2. The molecule has 0 aliphatic carbocycles. The van der Waals surface area contributed by atoms with Crippen LogP contribution in [0.2, 0.25) is 5.02 Å². The number of ether oxygens (including phenoxy) is 3. The largest absolute Gasteiger partial charge is 0.495 e. The maximum atomic E-state index is 13.7. The molecule has 0 aromatic heterocycles. The number of hydrogen-bond acceptors (Lipinski definition) is 5. The van der Waals surface area contributed by atoms with Gasteiger partial charge in [-0.2, -0.15) is 0 Å². The highest BCUT2D eigenvalue weighted by Gasteiger charge is 2.45. The molecule has 8 heteroatoms. The van der Waals surface area contributed by atoms with Crippen LogP contribution in [0.3, 0.4) is 0 Å². The van der Waals surface area contributed by atoms with Crippen molar-refractivity contribution in [2.45, 2.75) is 37.2 Å². The average Bonchev–Trinajstić information content (AvgIpc) is 3.33. The molecule has 3 fully saturated rings. The molecule has 30 heavy (non-hydrogen) atoms. The van der Waals surface area contributed by atoms with Gasteiger partial charge in [-0.05, 0) is 43.4 Å². The Kier molecular flexibility index (Phi) is 6.51. The average molecular weight is 437 g/mol. The summed E-state index contributed by atoms with van der Waals surface area (Å²) in [6.07, 6.45) is 2.64. The summed E-state index contributed by atoms with van der Waals surface area (Å²) in [6, 6.07) is 5.60. The first-order valence-electron chi connectivity index (χ1n) is 10.7. The van der Waals surface area contributed by atoms with E-state index in [-0.39, 0.29) is 17.9 Å². The molecule has 1 aromatic rings. The van der Waals surface area contributed by atoms with Crippen LogP contribution < -0.4 is 4.74 Å². The highest BCUT2D eigenvalue weighted by molar-refractivity contribution is 6.32. The minimum Gasteiger partial charge on any atom is -0.495 e. The molecule has 164 valence electrons. The number of amides is 2. The van der Waals surface area contributed by atoms with Gasteiger partial charge in [-0.25, -0.2) is 0 Å². The van der Waals surface area contributed by atoms with E-state index in [1.54, 1.807) is 7.11 Å². The quantitative estimate of drug-likeness (QED) is 0.724. The van der Waals surface area contributed by atoms with Crippen LogP contribution in [-0.2, 0) is 24.5 Å². The Bertz CT molecular complexity index is 782. The standard InChI is InChI=1S/C22H29ClN2O5/c1-28-18-5-4-16(15-17(18)23)22(6-13-29-14-7-22)21(27)25-10-8-24(9-11-25)20(26)19-3-2-12-30-19/h4-5,15,19H,2-3,6-14H2,1H3. The van der Waals surface area contributed by atoms with Crippen LogP contribution in [0.25, 0.3) is 0 Å². The van der Waals surface area contributed by atoms with Crippen molar-refractivity contribution in [2.24, 2.45) is 0 Å². The SMILES string of the molecule is COc1ccc(C2(C(=O)N3CCN(C(=O)C4CCCO4)CC3)CCOCC2)cc1Cl. The van der Waals surface area contributed by atoms with Gasteiger partial charge in [0.25, 0.3) is 5.91 Å². The Morgan fingerprint density at radius 3 is 2.40 bits per heavy atom. The summed E-state index contributed by atoms with van der Waals surface area (Å²) in [5.74, 6) is 0.745. The monoisotopic (exact) mass is 436 g/mol. The molecule has 0 saturated carbocycles. The molecule has 1 atom stereocenters. The molecule has 4 rings (SSSR count). The summed E-state index contributed by atoms with van der Waals surface area (Å²) in [5.41, 5.74) is 0.244. The van der Waals surface area contributed by atoms with Gasteiger partial charge in [0.15, 0.2) is 0 Å². The molecule has 3 aliphatic rings. The van der Waals surface area contributed by atoms with Gasteiger partial charge in [0.1, 0.15) is 11.9 Å². The van der Waals surface area contributed by atoms with Crippen LogP contribution in [0, 0.1) is 0 Å². The molecule has 1 unspecified atom stereocenters. The maximum absolute atomic E-state index is 13.7. The van der Waals surface area contributed by atoms with E-state index in [0.717, 1.165) is 18.4 Å². The smallest absolute Gasteiger partial charge is 0.251 e. The number of carbonyl (C=O) groups is 2. The Morgan fingerprint density at radius 1 is 1.10 bits per heavy atom. The zero-order chi connectivity index (χ0) is 21.1. The second-order valence-corrected chi connectivity index (χ2v) is 8.57. The Morgan fingerprint density at radius 2 is 1.80 bits per heavy atom. The van der Waals surface area contributed by atoms with Crippen LogP contribution >= 0.6 is 11.6 Å². The van der Waals surface area contributed by atoms with E-state index in [1.165, 1.54) is 0 Å². The summed E-state index contributed by atoms with van der Waals surface area (Å²) in [6.45, 7) is 3.87. The van der Waals surface area contributed by atoms with Crippen molar-refractivity contribution in [3.63, 3.8) is 0 Å². The summed E-state index contributed by atoms with van der Waals surface area (Å²) in [4.78, 5) is 30.1. The zero-order valence-electron chi connectivity index (χ0n) is 17.4. The number of benzene rings is 1. The second kappa shape index (κ2) is 9.12. The fourth-order valence-electron chi connectivity index (χ4n) is 4.72. The summed E-state index contributed by atoms with van der Waals surface area (Å²) < 4.78 is 16.4. The van der Waals surface area contributed by atoms with Gasteiger partial charge in [0, 0.05) is 46.0 Å². The van der Waals surface area contributed by atoms with E-state index in [9.17, 15) is 9.59 Å². The van der Waals surface area contributed by atoms with E-state index in [0.29, 0.717) is 69.6 Å². The second-order valence-electron chi connectivity index (χ2n) is 8.16. The lowest BCUT2D eigenvalue weighted by molar-refractivity contribution is -0.149. The third kappa shape index (κ3) is 4.03. The van der Waals surface area contributed by atoms with E-state index in [4.69, 9.17) is 25.8 Å². The lowest BCUT2D eigenvalue weighted by atomic mass is 9.72. The number of piperazine rings is 1. The molecule has 7 nitrogen and oxygen atoms in total. The Labute approximate surface area is 182 Å². The highest BCUT2D eigenvalue weighted by Crippen LogP contribution is 2.40. The molecule has 3 heterocycles. The zero-order valence-corrected chi connectivity index (χ0v) is 18.2. The van der Waals surface area contributed by atoms with Crippen LogP contribution in [0.4, 0.5) is 0 Å². The number of methoxy groups -OCH3 is 1. The van der Waals surface area contributed by atoms with Crippen molar-refractivity contribution >= 4 is 23.4 Å². The van der Waals surface area contributed by atoms with Crippen molar-refractivity contribution in [1.82, 2.24) is 9.80 Å². The fraction of sp³-hybridized carbons (Fsp3) is 0.636. The van der Waals surface area contributed by atoms with Gasteiger partial charge in [0.2, 0.25) is 5.91 Å². The third-order valence-corrected chi connectivity index (χ3v) is 6.84. The molecule has 3 saturated heterocycles. The van der Waals surface area contributed by atoms with Gasteiger partial charge in [0.05, 0.1) is 17.5 Å². The Hall–Kier alpha value is -1.83. The van der Waals surface area contributed by atoms with E-state index < -0.39 is 5.41 Å². The number of carbonyl (C=O) groups excluding carboxylic acids is 2. The molecule has 3 aliphatic heterocycles. The third-order valence-electron chi connectivity index (χ3n) is 6.54. The highest BCUT2D eigenvalue weighted by atomic mass is 35.5. The van der Waals surface area contributed by atoms with Gasteiger partial charge < -0.3 is 24.0 Å². The number of halogens is 1. The minimum atomic E-state index is -0.658. The predicted octanol–water partition coefficient (Wildman–Crippen LogP) is 2.25. The van der Waals surface area contributed by atoms with Crippen LogP contribution in [0.15, 0.2) is 18.2 Å². The van der Waals surface area contributed by atoms with Gasteiger partial charge in [-0.1, -0.05) is 17.7 Å². The van der Waals surface area contributed by atoms with Gasteiger partial charge in [-0.3, -0.25) is 9.59 Å². The topological polar surface area (TPSA) is 68.3 Å². The molecular formula is C22H29ClN2O5. The molecule has 0 bridgehead atoms. The van der Waals surface area contributed by atoms with E-state index >= 15 is 0 Å². The first-order chi connectivity index (χ1) is 14.5. The van der Waals surface area contributed by atoms with Crippen molar-refractivity contribution < 1.29 is 23.8 Å². The molecule has 1 aromatic carbocycles. The number of hydrogen-bond donors (Lipinski definition) is 0. The summed E-state index contributed by atoms with van der Waals surface area (Å²) >= 11 is 6.38. The fourth-order valence-corrected chi connectivity index (χ4v) is 4.98. The molecule has 2 amide bonds. The van der Waals surface area contributed by atoms with Gasteiger partial charge in [-0.15, -0.1) is 0 Å². The maximum Gasteiger partial charge on any atom is 0.251 e. The van der Waals surface area contributed by atoms with Crippen LogP contribution in [-0.4, -0.2) is 80.8 Å². The predicted molar refractivity (Wildman–Crippen MR) is 112 cm³/mol. The van der Waals surface area contributed by atoms with E-state index in [1.807, 2.05) is 28.0 Å². The van der Waals surface area contributed by atoms with Crippen LogP contribution in [0.5, 0.6) is 5.75 Å². The van der Waals surface area contributed by atoms with Crippen LogP contribution in [0.1, 0.15) is 31.2 Å².